The van der Waals surface area contributed by atoms with Crippen LogP contribution in [0.4, 0.5) is 19.1 Å². The van der Waals surface area contributed by atoms with E-state index in [1.54, 1.807) is 19.3 Å². The molecule has 3 aromatic rings. The standard InChI is InChI=1S/C25H30F3N7O/c1-30-24(10-12-34(2)3)14-21(36-25(26,27)28)19(13-22(24)29)33-23-31-11-9-18(32-23)17-15-35(4)20-8-6-5-7-16(17)20/h5-9,11,13-15,22,30H,10,12,29H2,1-4H3,(H,31,32,33). The number of anilines is 1. The maximum atomic E-state index is 13.3. The Bertz CT molecular complexity index is 1300. The highest BCUT2D eigenvalue weighted by Crippen LogP contribution is 2.34. The number of nitrogens with two attached hydrogens (primary N) is 1. The van der Waals surface area contributed by atoms with Crippen molar-refractivity contribution in [2.45, 2.75) is 24.4 Å². The molecule has 8 nitrogen and oxygen atoms in total. The number of fused-ring (bicyclic) bond motifs is 1. The number of hydrogen-bond donors (Lipinski definition) is 3. The SMILES string of the molecule is CNC1(CCN(C)C)C=C(OC(F)(F)F)C(Nc2nccc(-c3cn(C)c4ccccc34)n2)=CC1N. The molecule has 36 heavy (non-hydrogen) atoms. The Morgan fingerprint density at radius 1 is 1.22 bits per heavy atom. The third-order valence-electron chi connectivity index (χ3n) is 6.33. The van der Waals surface area contributed by atoms with Gasteiger partial charge in [-0.25, -0.2) is 9.97 Å². The van der Waals surface area contributed by atoms with E-state index in [0.717, 1.165) is 16.5 Å². The quantitative estimate of drug-likeness (QED) is 0.434. The third kappa shape index (κ3) is 5.38. The van der Waals surface area contributed by atoms with Crippen LogP contribution in [0.5, 0.6) is 0 Å². The highest BCUT2D eigenvalue weighted by molar-refractivity contribution is 5.95. The van der Waals surface area contributed by atoms with Gasteiger partial charge in [0.2, 0.25) is 5.95 Å². The van der Waals surface area contributed by atoms with Gasteiger partial charge in [-0.3, -0.25) is 0 Å². The van der Waals surface area contributed by atoms with Gasteiger partial charge in [0, 0.05) is 41.9 Å². The second-order valence-electron chi connectivity index (χ2n) is 9.07. The molecule has 0 radical (unpaired) electrons. The predicted molar refractivity (Wildman–Crippen MR) is 134 cm³/mol. The highest BCUT2D eigenvalue weighted by atomic mass is 19.4. The van der Waals surface area contributed by atoms with Crippen molar-refractivity contribution in [3.05, 3.63) is 66.3 Å². The fourth-order valence-corrected chi connectivity index (χ4v) is 4.38. The molecule has 0 bridgehead atoms. The van der Waals surface area contributed by atoms with E-state index >= 15 is 0 Å². The van der Waals surface area contributed by atoms with E-state index in [-0.39, 0.29) is 11.6 Å². The first-order valence-electron chi connectivity index (χ1n) is 11.5. The van der Waals surface area contributed by atoms with Crippen molar-refractivity contribution >= 4 is 16.9 Å². The number of para-hydroxylation sites is 1. The summed E-state index contributed by atoms with van der Waals surface area (Å²) in [4.78, 5) is 10.7. The Hall–Kier alpha value is -3.41. The normalized spacial score (nSPS) is 20.4. The van der Waals surface area contributed by atoms with E-state index in [2.05, 4.69) is 25.3 Å². The molecule has 0 amide bonds. The van der Waals surface area contributed by atoms with Gasteiger partial charge >= 0.3 is 6.36 Å². The number of benzene rings is 1. The van der Waals surface area contributed by atoms with Crippen molar-refractivity contribution in [3.8, 4) is 11.3 Å². The molecule has 2 aromatic heterocycles. The molecule has 1 aliphatic rings. The zero-order valence-electron chi connectivity index (χ0n) is 20.6. The molecule has 2 unspecified atom stereocenters. The van der Waals surface area contributed by atoms with E-state index in [0.29, 0.717) is 18.7 Å². The van der Waals surface area contributed by atoms with Gasteiger partial charge in [0.05, 0.1) is 16.9 Å². The van der Waals surface area contributed by atoms with E-state index < -0.39 is 23.7 Å². The number of alkyl halides is 3. The van der Waals surface area contributed by atoms with Crippen molar-refractivity contribution < 1.29 is 17.9 Å². The Morgan fingerprint density at radius 3 is 2.67 bits per heavy atom. The average molecular weight is 502 g/mol. The molecule has 1 aromatic carbocycles. The summed E-state index contributed by atoms with van der Waals surface area (Å²) in [5.74, 6) is -0.266. The summed E-state index contributed by atoms with van der Waals surface area (Å²) < 4.78 is 46.4. The second kappa shape index (κ2) is 9.92. The first-order valence-corrected chi connectivity index (χ1v) is 11.5. The van der Waals surface area contributed by atoms with E-state index in [1.807, 2.05) is 61.1 Å². The summed E-state index contributed by atoms with van der Waals surface area (Å²) >= 11 is 0. The lowest BCUT2D eigenvalue weighted by Crippen LogP contribution is -2.58. The van der Waals surface area contributed by atoms with Crippen LogP contribution < -0.4 is 16.4 Å². The number of aryl methyl sites for hydroxylation is 1. The van der Waals surface area contributed by atoms with Gasteiger partial charge in [0.25, 0.3) is 0 Å². The smallest absolute Gasteiger partial charge is 0.404 e. The molecular weight excluding hydrogens is 471 g/mol. The Kier molecular flexibility index (Phi) is 7.07. The monoisotopic (exact) mass is 501 g/mol. The summed E-state index contributed by atoms with van der Waals surface area (Å²) in [6.07, 6.45) is 2.00. The number of likely N-dealkylation sites (N-methyl/N-ethyl adjacent to an activating group) is 1. The van der Waals surface area contributed by atoms with Crippen LogP contribution in [-0.4, -0.2) is 65.1 Å². The Labute approximate surface area is 207 Å². The zero-order chi connectivity index (χ0) is 26.1. The lowest BCUT2D eigenvalue weighted by molar-refractivity contribution is -0.304. The molecule has 2 atom stereocenters. The van der Waals surface area contributed by atoms with Crippen LogP contribution in [0.2, 0.25) is 0 Å². The average Bonchev–Trinajstić information content (AvgIpc) is 3.16. The van der Waals surface area contributed by atoms with Crippen molar-refractivity contribution in [1.82, 2.24) is 24.8 Å². The molecule has 0 saturated carbocycles. The van der Waals surface area contributed by atoms with Gasteiger partial charge in [-0.05, 0) is 58.4 Å². The highest BCUT2D eigenvalue weighted by Gasteiger charge is 2.41. The fraction of sp³-hybridized carbons (Fsp3) is 0.360. The number of ether oxygens (including phenoxy) is 1. The molecular formula is C25H30F3N7O. The number of rotatable bonds is 8. The van der Waals surface area contributed by atoms with Crippen molar-refractivity contribution in [1.29, 1.82) is 0 Å². The topological polar surface area (TPSA) is 93.3 Å². The molecule has 0 spiro atoms. The first kappa shape index (κ1) is 25.7. The molecule has 1 aliphatic carbocycles. The molecule has 192 valence electrons. The summed E-state index contributed by atoms with van der Waals surface area (Å²) in [7, 11) is 7.38. The summed E-state index contributed by atoms with van der Waals surface area (Å²) in [6, 6.07) is 9.01. The maximum absolute atomic E-state index is 13.3. The van der Waals surface area contributed by atoms with Crippen LogP contribution in [0.1, 0.15) is 6.42 Å². The number of hydrogen-bond acceptors (Lipinski definition) is 7. The van der Waals surface area contributed by atoms with E-state index in [9.17, 15) is 13.2 Å². The van der Waals surface area contributed by atoms with Crippen LogP contribution in [0.3, 0.4) is 0 Å². The van der Waals surface area contributed by atoms with Gasteiger partial charge in [-0.15, -0.1) is 13.2 Å². The summed E-state index contributed by atoms with van der Waals surface area (Å²) in [6.45, 7) is 0.608. The lowest BCUT2D eigenvalue weighted by atomic mass is 9.82. The minimum Gasteiger partial charge on any atom is -0.404 e. The number of nitrogens with one attached hydrogen (secondary N) is 2. The lowest BCUT2D eigenvalue weighted by Gasteiger charge is -2.39. The molecule has 4 rings (SSSR count). The van der Waals surface area contributed by atoms with Crippen LogP contribution in [0.15, 0.2) is 66.3 Å². The van der Waals surface area contributed by atoms with Crippen molar-refractivity contribution in [2.75, 3.05) is 33.0 Å². The number of aromatic nitrogens is 3. The Balaban J connectivity index is 1.68. The van der Waals surface area contributed by atoms with Crippen LogP contribution in [0.25, 0.3) is 22.2 Å². The molecule has 0 aliphatic heterocycles. The third-order valence-corrected chi connectivity index (χ3v) is 6.33. The zero-order valence-corrected chi connectivity index (χ0v) is 20.6. The van der Waals surface area contributed by atoms with Crippen LogP contribution >= 0.6 is 0 Å². The summed E-state index contributed by atoms with van der Waals surface area (Å²) in [5, 5.41) is 6.99. The maximum Gasteiger partial charge on any atom is 0.573 e. The predicted octanol–water partition coefficient (Wildman–Crippen LogP) is 3.60. The van der Waals surface area contributed by atoms with Crippen LogP contribution in [0, 0.1) is 0 Å². The van der Waals surface area contributed by atoms with E-state index in [1.165, 1.54) is 12.2 Å². The van der Waals surface area contributed by atoms with Gasteiger partial charge < -0.3 is 30.6 Å². The minimum atomic E-state index is -4.89. The fourth-order valence-electron chi connectivity index (χ4n) is 4.38. The number of nitrogens with zero attached hydrogens (tertiary/aromatic N) is 4. The van der Waals surface area contributed by atoms with Crippen molar-refractivity contribution in [2.24, 2.45) is 12.8 Å². The Morgan fingerprint density at radius 2 is 1.97 bits per heavy atom. The summed E-state index contributed by atoms with van der Waals surface area (Å²) in [5.41, 5.74) is 8.11. The van der Waals surface area contributed by atoms with Gasteiger partial charge in [-0.2, -0.15) is 0 Å². The largest absolute Gasteiger partial charge is 0.573 e. The van der Waals surface area contributed by atoms with Gasteiger partial charge in [0.1, 0.15) is 0 Å². The first-order chi connectivity index (χ1) is 17.0. The number of halogens is 3. The second-order valence-corrected chi connectivity index (χ2v) is 9.07. The van der Waals surface area contributed by atoms with Gasteiger partial charge in [0.15, 0.2) is 5.76 Å². The van der Waals surface area contributed by atoms with E-state index in [4.69, 9.17) is 5.73 Å². The molecule has 4 N–H and O–H groups in total. The molecule has 2 heterocycles. The van der Waals surface area contributed by atoms with Crippen molar-refractivity contribution in [3.63, 3.8) is 0 Å². The van der Waals surface area contributed by atoms with Gasteiger partial charge in [-0.1, -0.05) is 18.2 Å². The molecule has 0 fully saturated rings. The minimum absolute atomic E-state index is 0.0469. The molecule has 11 heteroatoms. The molecule has 0 saturated heterocycles. The van der Waals surface area contributed by atoms with Crippen LogP contribution in [-0.2, 0) is 11.8 Å².